The molecule has 3 nitrogen and oxygen atoms in total. The molecular weight excluding hydrogens is 210 g/mol. The summed E-state index contributed by atoms with van der Waals surface area (Å²) in [7, 11) is 1.64. The van der Waals surface area contributed by atoms with Crippen LogP contribution in [0.2, 0.25) is 0 Å². The van der Waals surface area contributed by atoms with Gasteiger partial charge in [-0.2, -0.15) is 4.37 Å². The van der Waals surface area contributed by atoms with Crippen molar-refractivity contribution in [2.75, 3.05) is 7.11 Å². The molecule has 15 heavy (non-hydrogen) atoms. The highest BCUT2D eigenvalue weighted by atomic mass is 32.1. The second-order valence-corrected chi connectivity index (χ2v) is 3.93. The largest absolute Gasteiger partial charge is 0.496 e. The Morgan fingerprint density at radius 1 is 1.40 bits per heavy atom. The van der Waals surface area contributed by atoms with Crippen LogP contribution < -0.4 is 4.74 Å². The van der Waals surface area contributed by atoms with Crippen molar-refractivity contribution in [1.29, 1.82) is 0 Å². The molecule has 2 rings (SSSR count). The van der Waals surface area contributed by atoms with Crippen LogP contribution in [0.5, 0.6) is 5.75 Å². The van der Waals surface area contributed by atoms with Gasteiger partial charge >= 0.3 is 0 Å². The number of aliphatic hydroxyl groups is 1. The molecule has 0 bridgehead atoms. The minimum Gasteiger partial charge on any atom is -0.496 e. The van der Waals surface area contributed by atoms with Crippen molar-refractivity contribution in [3.05, 3.63) is 35.2 Å². The van der Waals surface area contributed by atoms with Crippen molar-refractivity contribution < 1.29 is 9.84 Å². The smallest absolute Gasteiger partial charge is 0.128 e. The number of hydrogen-bond donors (Lipinski definition) is 1. The fourth-order valence-corrected chi connectivity index (χ4v) is 1.96. The lowest BCUT2D eigenvalue weighted by atomic mass is 10.1. The molecule has 0 aliphatic rings. The molecule has 1 heterocycles. The molecule has 0 amide bonds. The van der Waals surface area contributed by atoms with Gasteiger partial charge in [0.2, 0.25) is 0 Å². The van der Waals surface area contributed by atoms with Crippen molar-refractivity contribution >= 4 is 11.5 Å². The quantitative estimate of drug-likeness (QED) is 0.864. The molecule has 78 valence electrons. The molecule has 1 N–H and O–H groups in total. The average molecular weight is 221 g/mol. The molecule has 4 heteroatoms. The van der Waals surface area contributed by atoms with Crippen molar-refractivity contribution in [2.45, 2.75) is 6.61 Å². The Labute approximate surface area is 92.1 Å². The highest BCUT2D eigenvalue weighted by molar-refractivity contribution is 7.06. The van der Waals surface area contributed by atoms with Crippen LogP contribution in [0.25, 0.3) is 11.3 Å². The Hall–Kier alpha value is -1.39. The van der Waals surface area contributed by atoms with Crippen molar-refractivity contribution in [1.82, 2.24) is 4.37 Å². The summed E-state index contributed by atoms with van der Waals surface area (Å²) in [5.41, 5.74) is 1.80. The third kappa shape index (κ3) is 2.00. The van der Waals surface area contributed by atoms with Gasteiger partial charge in [0.25, 0.3) is 0 Å². The van der Waals surface area contributed by atoms with Crippen LogP contribution in [0.4, 0.5) is 0 Å². The molecule has 0 saturated carbocycles. The van der Waals surface area contributed by atoms with Crippen LogP contribution in [0, 0.1) is 0 Å². The normalized spacial score (nSPS) is 10.3. The van der Waals surface area contributed by atoms with Gasteiger partial charge in [-0.3, -0.25) is 0 Å². The molecule has 0 aliphatic carbocycles. The van der Waals surface area contributed by atoms with Gasteiger partial charge in [-0.1, -0.05) is 12.1 Å². The lowest BCUT2D eigenvalue weighted by Gasteiger charge is -2.04. The van der Waals surface area contributed by atoms with Crippen LogP contribution in [0.1, 0.15) is 4.88 Å². The number of para-hydroxylation sites is 1. The second-order valence-electron chi connectivity index (χ2n) is 3.04. The molecule has 0 unspecified atom stereocenters. The monoisotopic (exact) mass is 221 g/mol. The number of ether oxygens (including phenoxy) is 1. The second kappa shape index (κ2) is 4.42. The minimum atomic E-state index is 0.0345. The van der Waals surface area contributed by atoms with E-state index < -0.39 is 0 Å². The molecule has 0 atom stereocenters. The Balaban J connectivity index is 2.44. The van der Waals surface area contributed by atoms with E-state index in [2.05, 4.69) is 4.37 Å². The zero-order valence-electron chi connectivity index (χ0n) is 8.30. The summed E-state index contributed by atoms with van der Waals surface area (Å²) in [6.07, 6.45) is 0. The van der Waals surface area contributed by atoms with E-state index in [4.69, 9.17) is 9.84 Å². The number of nitrogens with zero attached hydrogens (tertiary/aromatic N) is 1. The highest BCUT2D eigenvalue weighted by Gasteiger charge is 2.08. The Morgan fingerprint density at radius 3 is 2.87 bits per heavy atom. The van der Waals surface area contributed by atoms with E-state index in [0.717, 1.165) is 21.9 Å². The number of benzene rings is 1. The molecule has 0 aliphatic heterocycles. The van der Waals surface area contributed by atoms with Gasteiger partial charge in [0.1, 0.15) is 5.75 Å². The molecular formula is C11H11NO2S. The van der Waals surface area contributed by atoms with Crippen molar-refractivity contribution in [2.24, 2.45) is 0 Å². The zero-order valence-corrected chi connectivity index (χ0v) is 9.12. The van der Waals surface area contributed by atoms with E-state index in [-0.39, 0.29) is 6.61 Å². The third-order valence-electron chi connectivity index (χ3n) is 2.10. The number of rotatable bonds is 3. The fourth-order valence-electron chi connectivity index (χ4n) is 1.37. The summed E-state index contributed by atoms with van der Waals surface area (Å²) < 4.78 is 9.51. The van der Waals surface area contributed by atoms with Crippen LogP contribution in [0.15, 0.2) is 30.3 Å². The standard InChI is InChI=1S/C11H11NO2S/c1-14-11-5-3-2-4-9(11)10-6-8(7-13)15-12-10/h2-6,13H,7H2,1H3. The van der Waals surface area contributed by atoms with E-state index in [1.165, 1.54) is 11.5 Å². The van der Waals surface area contributed by atoms with Gasteiger partial charge in [-0.05, 0) is 29.7 Å². The van der Waals surface area contributed by atoms with E-state index in [0.29, 0.717) is 0 Å². The van der Waals surface area contributed by atoms with Gasteiger partial charge < -0.3 is 9.84 Å². The molecule has 0 fully saturated rings. The fraction of sp³-hybridized carbons (Fsp3) is 0.182. The maximum atomic E-state index is 8.96. The van der Waals surface area contributed by atoms with E-state index >= 15 is 0 Å². The van der Waals surface area contributed by atoms with Gasteiger partial charge in [0.05, 0.1) is 24.3 Å². The van der Waals surface area contributed by atoms with Gasteiger partial charge in [-0.15, -0.1) is 0 Å². The molecule has 1 aromatic heterocycles. The first-order chi connectivity index (χ1) is 7.35. The van der Waals surface area contributed by atoms with Crippen LogP contribution in [0.3, 0.4) is 0 Å². The Bertz CT molecular complexity index is 453. The van der Waals surface area contributed by atoms with E-state index in [9.17, 15) is 0 Å². The van der Waals surface area contributed by atoms with E-state index in [1.54, 1.807) is 7.11 Å². The van der Waals surface area contributed by atoms with Gasteiger partial charge in [-0.25, -0.2) is 0 Å². The highest BCUT2D eigenvalue weighted by Crippen LogP contribution is 2.30. The zero-order chi connectivity index (χ0) is 10.7. The first-order valence-corrected chi connectivity index (χ1v) is 5.32. The number of hydrogen-bond acceptors (Lipinski definition) is 4. The predicted octanol–water partition coefficient (Wildman–Crippen LogP) is 2.31. The summed E-state index contributed by atoms with van der Waals surface area (Å²) >= 11 is 1.31. The van der Waals surface area contributed by atoms with Crippen LogP contribution >= 0.6 is 11.5 Å². The SMILES string of the molecule is COc1ccccc1-c1cc(CO)sn1. The summed E-state index contributed by atoms with van der Waals surface area (Å²) in [6.45, 7) is 0.0345. The van der Waals surface area contributed by atoms with Crippen LogP contribution in [-0.2, 0) is 6.61 Å². The number of aliphatic hydroxyl groups excluding tert-OH is 1. The molecule has 0 radical (unpaired) electrons. The summed E-state index contributed by atoms with van der Waals surface area (Å²) in [6, 6.07) is 9.59. The minimum absolute atomic E-state index is 0.0345. The first kappa shape index (κ1) is 10.1. The maximum absolute atomic E-state index is 8.96. The summed E-state index contributed by atoms with van der Waals surface area (Å²) in [5, 5.41) is 8.96. The van der Waals surface area contributed by atoms with Gasteiger partial charge in [0, 0.05) is 5.56 Å². The maximum Gasteiger partial charge on any atom is 0.128 e. The molecule has 1 aromatic carbocycles. The molecule has 0 spiro atoms. The van der Waals surface area contributed by atoms with Crippen molar-refractivity contribution in [3.63, 3.8) is 0 Å². The number of methoxy groups -OCH3 is 1. The first-order valence-electron chi connectivity index (χ1n) is 4.55. The van der Waals surface area contributed by atoms with E-state index in [1.807, 2.05) is 30.3 Å². The lowest BCUT2D eigenvalue weighted by molar-refractivity contribution is 0.285. The Morgan fingerprint density at radius 2 is 2.20 bits per heavy atom. The number of aromatic nitrogens is 1. The van der Waals surface area contributed by atoms with Crippen molar-refractivity contribution in [3.8, 4) is 17.0 Å². The van der Waals surface area contributed by atoms with Crippen LogP contribution in [-0.4, -0.2) is 16.6 Å². The molecule has 0 saturated heterocycles. The topological polar surface area (TPSA) is 42.4 Å². The average Bonchev–Trinajstić information content (AvgIpc) is 2.77. The predicted molar refractivity (Wildman–Crippen MR) is 60.0 cm³/mol. The molecule has 2 aromatic rings. The lowest BCUT2D eigenvalue weighted by Crippen LogP contribution is -1.86. The Kier molecular flexibility index (Phi) is 2.99. The van der Waals surface area contributed by atoms with Gasteiger partial charge in [0.15, 0.2) is 0 Å². The summed E-state index contributed by atoms with van der Waals surface area (Å²) in [5.74, 6) is 0.798. The summed E-state index contributed by atoms with van der Waals surface area (Å²) in [4.78, 5) is 0.857. The third-order valence-corrected chi connectivity index (χ3v) is 2.87.